The molecule has 1 aliphatic heterocycles. The predicted molar refractivity (Wildman–Crippen MR) is 33.1 cm³/mol. The van der Waals surface area contributed by atoms with E-state index in [-0.39, 0.29) is 12.2 Å². The highest BCUT2D eigenvalue weighted by Gasteiger charge is 2.49. The van der Waals surface area contributed by atoms with Crippen molar-refractivity contribution in [2.75, 3.05) is 0 Å². The van der Waals surface area contributed by atoms with Gasteiger partial charge in [0.1, 0.15) is 6.10 Å². The molecule has 2 aliphatic rings. The Morgan fingerprint density at radius 1 is 1.44 bits per heavy atom. The molecule has 0 aromatic heterocycles. The summed E-state index contributed by atoms with van der Waals surface area (Å²) in [5.74, 6) is 0.453. The Bertz CT molecular complexity index is 122. The van der Waals surface area contributed by atoms with E-state index in [0.29, 0.717) is 12.0 Å². The van der Waals surface area contributed by atoms with Crippen molar-refractivity contribution in [3.8, 4) is 0 Å². The van der Waals surface area contributed by atoms with Crippen molar-refractivity contribution in [3.63, 3.8) is 0 Å². The fourth-order valence-corrected chi connectivity index (χ4v) is 1.61. The van der Waals surface area contributed by atoms with Gasteiger partial charge in [-0.15, -0.1) is 0 Å². The zero-order valence-corrected chi connectivity index (χ0v) is 5.58. The predicted octanol–water partition coefficient (Wildman–Crippen LogP) is 0.545. The first-order valence-electron chi connectivity index (χ1n) is 3.62. The maximum absolute atomic E-state index is 9.36. The van der Waals surface area contributed by atoms with E-state index in [1.807, 2.05) is 0 Å². The Morgan fingerprint density at radius 3 is 2.89 bits per heavy atom. The fraction of sp³-hybridized carbons (Fsp3) is 1.00. The summed E-state index contributed by atoms with van der Waals surface area (Å²) in [5, 5.41) is 9.36. The van der Waals surface area contributed by atoms with E-state index in [1.54, 1.807) is 0 Å². The van der Waals surface area contributed by atoms with E-state index in [1.165, 1.54) is 0 Å². The van der Waals surface area contributed by atoms with Crippen LogP contribution in [0, 0.1) is 5.92 Å². The Labute approximate surface area is 54.8 Å². The van der Waals surface area contributed by atoms with Crippen molar-refractivity contribution in [2.24, 2.45) is 5.92 Å². The number of ether oxygens (including phenoxy) is 1. The van der Waals surface area contributed by atoms with Crippen LogP contribution in [-0.2, 0) is 4.74 Å². The number of epoxide rings is 1. The number of hydrogen-bond donors (Lipinski definition) is 1. The van der Waals surface area contributed by atoms with Crippen LogP contribution < -0.4 is 0 Å². The van der Waals surface area contributed by atoms with Crippen molar-refractivity contribution in [1.82, 2.24) is 0 Å². The lowest BCUT2D eigenvalue weighted by Crippen LogP contribution is -2.29. The zero-order chi connectivity index (χ0) is 6.43. The van der Waals surface area contributed by atoms with Gasteiger partial charge in [0, 0.05) is 0 Å². The Balaban J connectivity index is 2.02. The molecule has 4 atom stereocenters. The maximum atomic E-state index is 9.36. The first kappa shape index (κ1) is 5.69. The van der Waals surface area contributed by atoms with E-state index in [9.17, 15) is 5.11 Å². The molecule has 0 spiro atoms. The van der Waals surface area contributed by atoms with Crippen LogP contribution in [0.3, 0.4) is 0 Å². The average molecular weight is 128 g/mol. The lowest BCUT2D eigenvalue weighted by Gasteiger charge is -2.19. The molecule has 2 fully saturated rings. The van der Waals surface area contributed by atoms with Crippen LogP contribution in [0.15, 0.2) is 0 Å². The summed E-state index contributed by atoms with van der Waals surface area (Å²) >= 11 is 0. The molecule has 4 unspecified atom stereocenters. The third kappa shape index (κ3) is 0.775. The molecular weight excluding hydrogens is 116 g/mol. The van der Waals surface area contributed by atoms with E-state index >= 15 is 0 Å². The molecule has 1 aliphatic carbocycles. The van der Waals surface area contributed by atoms with Crippen LogP contribution in [0.25, 0.3) is 0 Å². The standard InChI is InChI=1S/C7H12O2/c1-4-2-3-5-7(9-5)6(4)8/h4-8H,2-3H2,1H3. The van der Waals surface area contributed by atoms with Crippen LogP contribution in [0.5, 0.6) is 0 Å². The molecule has 0 bridgehead atoms. The van der Waals surface area contributed by atoms with Crippen LogP contribution in [0.1, 0.15) is 19.8 Å². The summed E-state index contributed by atoms with van der Waals surface area (Å²) in [6.07, 6.45) is 2.72. The quantitative estimate of drug-likeness (QED) is 0.483. The summed E-state index contributed by atoms with van der Waals surface area (Å²) in [6.45, 7) is 2.09. The normalized spacial score (nSPS) is 56.7. The van der Waals surface area contributed by atoms with E-state index in [0.717, 1.165) is 12.8 Å². The minimum Gasteiger partial charge on any atom is -0.390 e. The smallest absolute Gasteiger partial charge is 0.110 e. The van der Waals surface area contributed by atoms with Gasteiger partial charge in [0.15, 0.2) is 0 Å². The first-order valence-corrected chi connectivity index (χ1v) is 3.62. The van der Waals surface area contributed by atoms with Gasteiger partial charge >= 0.3 is 0 Å². The molecule has 0 aromatic rings. The Morgan fingerprint density at radius 2 is 2.22 bits per heavy atom. The fourth-order valence-electron chi connectivity index (χ4n) is 1.61. The first-order chi connectivity index (χ1) is 4.29. The topological polar surface area (TPSA) is 32.8 Å². The van der Waals surface area contributed by atoms with Gasteiger partial charge in [-0.1, -0.05) is 6.92 Å². The van der Waals surface area contributed by atoms with Gasteiger partial charge in [-0.05, 0) is 18.8 Å². The molecule has 2 heteroatoms. The largest absolute Gasteiger partial charge is 0.390 e. The molecule has 1 saturated carbocycles. The molecular formula is C7H12O2. The van der Waals surface area contributed by atoms with Gasteiger partial charge in [-0.3, -0.25) is 0 Å². The third-order valence-corrected chi connectivity index (χ3v) is 2.45. The lowest BCUT2D eigenvalue weighted by atomic mass is 9.88. The van der Waals surface area contributed by atoms with Crippen molar-refractivity contribution >= 4 is 0 Å². The van der Waals surface area contributed by atoms with Crippen molar-refractivity contribution in [3.05, 3.63) is 0 Å². The molecule has 1 heterocycles. The van der Waals surface area contributed by atoms with E-state index < -0.39 is 0 Å². The molecule has 2 rings (SSSR count). The van der Waals surface area contributed by atoms with Gasteiger partial charge < -0.3 is 9.84 Å². The SMILES string of the molecule is CC1CCC2OC2C1O. The number of aliphatic hydroxyl groups is 1. The van der Waals surface area contributed by atoms with Gasteiger partial charge in [-0.2, -0.15) is 0 Å². The molecule has 9 heavy (non-hydrogen) atoms. The summed E-state index contributed by atoms with van der Waals surface area (Å²) in [6, 6.07) is 0. The molecule has 1 N–H and O–H groups in total. The van der Waals surface area contributed by atoms with E-state index in [2.05, 4.69) is 6.92 Å². The van der Waals surface area contributed by atoms with Gasteiger partial charge in [0.25, 0.3) is 0 Å². The number of aliphatic hydroxyl groups excluding tert-OH is 1. The van der Waals surface area contributed by atoms with Crippen molar-refractivity contribution < 1.29 is 9.84 Å². The second-order valence-corrected chi connectivity index (χ2v) is 3.18. The average Bonchev–Trinajstić information content (AvgIpc) is 2.58. The van der Waals surface area contributed by atoms with Crippen molar-refractivity contribution in [2.45, 2.75) is 38.1 Å². The van der Waals surface area contributed by atoms with Crippen LogP contribution in [0.2, 0.25) is 0 Å². The van der Waals surface area contributed by atoms with Crippen LogP contribution >= 0.6 is 0 Å². The van der Waals surface area contributed by atoms with Gasteiger partial charge in [0.2, 0.25) is 0 Å². The number of rotatable bonds is 0. The second-order valence-electron chi connectivity index (χ2n) is 3.18. The summed E-state index contributed by atoms with van der Waals surface area (Å²) < 4.78 is 5.21. The zero-order valence-electron chi connectivity index (χ0n) is 5.58. The molecule has 52 valence electrons. The van der Waals surface area contributed by atoms with E-state index in [4.69, 9.17) is 4.74 Å². The molecule has 2 nitrogen and oxygen atoms in total. The summed E-state index contributed by atoms with van der Waals surface area (Å²) in [4.78, 5) is 0. The minimum absolute atomic E-state index is 0.177. The molecule has 0 radical (unpaired) electrons. The Hall–Kier alpha value is -0.0800. The highest BCUT2D eigenvalue weighted by atomic mass is 16.6. The lowest BCUT2D eigenvalue weighted by molar-refractivity contribution is 0.0786. The molecule has 0 amide bonds. The van der Waals surface area contributed by atoms with Crippen molar-refractivity contribution in [1.29, 1.82) is 0 Å². The maximum Gasteiger partial charge on any atom is 0.110 e. The van der Waals surface area contributed by atoms with Crippen LogP contribution in [-0.4, -0.2) is 23.4 Å². The summed E-state index contributed by atoms with van der Waals surface area (Å²) in [7, 11) is 0. The molecule has 0 aromatic carbocycles. The van der Waals surface area contributed by atoms with Gasteiger partial charge in [-0.25, -0.2) is 0 Å². The third-order valence-electron chi connectivity index (χ3n) is 2.45. The highest BCUT2D eigenvalue weighted by molar-refractivity contribution is 4.97. The second kappa shape index (κ2) is 1.70. The molecule has 1 saturated heterocycles. The number of hydrogen-bond acceptors (Lipinski definition) is 2. The monoisotopic (exact) mass is 128 g/mol. The number of fused-ring (bicyclic) bond motifs is 1. The summed E-state index contributed by atoms with van der Waals surface area (Å²) in [5.41, 5.74) is 0. The minimum atomic E-state index is -0.177. The Kier molecular flexibility index (Phi) is 1.08. The highest BCUT2D eigenvalue weighted by Crippen LogP contribution is 2.39. The van der Waals surface area contributed by atoms with Crippen LogP contribution in [0.4, 0.5) is 0 Å². The van der Waals surface area contributed by atoms with Gasteiger partial charge in [0.05, 0.1) is 12.2 Å².